The molecule has 0 bridgehead atoms. The van der Waals surface area contributed by atoms with Crippen LogP contribution in [0.15, 0.2) is 24.3 Å². The highest BCUT2D eigenvalue weighted by molar-refractivity contribution is 5.93. The summed E-state index contributed by atoms with van der Waals surface area (Å²) in [6, 6.07) is 7.13. The summed E-state index contributed by atoms with van der Waals surface area (Å²) in [6.45, 7) is -0.378. The quantitative estimate of drug-likeness (QED) is 0.677. The van der Waals surface area contributed by atoms with E-state index in [2.05, 4.69) is 10.6 Å². The van der Waals surface area contributed by atoms with Crippen LogP contribution >= 0.6 is 0 Å². The number of anilines is 1. The zero-order valence-electron chi connectivity index (χ0n) is 13.5. The predicted octanol–water partition coefficient (Wildman–Crippen LogP) is 1.80. The normalized spacial score (nSPS) is 16.7. The van der Waals surface area contributed by atoms with Gasteiger partial charge in [-0.2, -0.15) is 0 Å². The smallest absolute Gasteiger partial charge is 0.322 e. The Morgan fingerprint density at radius 2 is 1.62 bits per heavy atom. The number of benzene rings is 1. The molecule has 3 rings (SSSR count). The number of aliphatic carboxylic acids is 1. The summed E-state index contributed by atoms with van der Waals surface area (Å²) < 4.78 is 0. The van der Waals surface area contributed by atoms with Gasteiger partial charge in [0.05, 0.1) is 6.42 Å². The molecular weight excluding hydrogens is 308 g/mol. The van der Waals surface area contributed by atoms with Gasteiger partial charge in [-0.25, -0.2) is 0 Å². The topological polar surface area (TPSA) is 95.5 Å². The molecule has 2 fully saturated rings. The average molecular weight is 330 g/mol. The molecule has 2 aliphatic rings. The minimum Gasteiger partial charge on any atom is -0.480 e. The van der Waals surface area contributed by atoms with E-state index in [1.165, 1.54) is 25.7 Å². The summed E-state index contributed by atoms with van der Waals surface area (Å²) in [7, 11) is 0. The zero-order chi connectivity index (χ0) is 17.1. The van der Waals surface area contributed by atoms with E-state index in [0.29, 0.717) is 11.8 Å². The Morgan fingerprint density at radius 1 is 1.04 bits per heavy atom. The van der Waals surface area contributed by atoms with Crippen LogP contribution < -0.4 is 10.6 Å². The van der Waals surface area contributed by atoms with Gasteiger partial charge < -0.3 is 15.7 Å². The number of nitrogens with one attached hydrogen (secondary N) is 2. The molecule has 0 aromatic heterocycles. The molecule has 0 heterocycles. The van der Waals surface area contributed by atoms with E-state index in [1.54, 1.807) is 24.3 Å². The molecule has 6 nitrogen and oxygen atoms in total. The summed E-state index contributed by atoms with van der Waals surface area (Å²) in [4.78, 5) is 34.5. The summed E-state index contributed by atoms with van der Waals surface area (Å²) >= 11 is 0. The maximum absolute atomic E-state index is 12.5. The summed E-state index contributed by atoms with van der Waals surface area (Å²) in [5.74, 6) is 0.00170. The van der Waals surface area contributed by atoms with Crippen molar-refractivity contribution in [3.63, 3.8) is 0 Å². The highest BCUT2D eigenvalue weighted by Gasteiger charge is 2.45. The lowest BCUT2D eigenvalue weighted by molar-refractivity contribution is -0.137. The second kappa shape index (κ2) is 7.03. The lowest BCUT2D eigenvalue weighted by Gasteiger charge is -2.15. The average Bonchev–Trinajstić information content (AvgIpc) is 3.42. The van der Waals surface area contributed by atoms with Crippen LogP contribution in [0.25, 0.3) is 0 Å². The molecule has 0 aliphatic heterocycles. The number of carbonyl (C=O) groups excluding carboxylic acids is 2. The van der Waals surface area contributed by atoms with Gasteiger partial charge >= 0.3 is 5.97 Å². The number of carboxylic acid groups (broad SMARTS) is 1. The first-order chi connectivity index (χ1) is 11.5. The van der Waals surface area contributed by atoms with E-state index >= 15 is 0 Å². The van der Waals surface area contributed by atoms with Crippen molar-refractivity contribution in [1.29, 1.82) is 0 Å². The minimum atomic E-state index is -1.07. The Balaban J connectivity index is 1.51. The number of rotatable bonds is 8. The van der Waals surface area contributed by atoms with Gasteiger partial charge in [-0.05, 0) is 55.2 Å². The molecule has 1 aromatic rings. The number of hydrogen-bond donors (Lipinski definition) is 3. The lowest BCUT2D eigenvalue weighted by Crippen LogP contribution is -2.30. The third-order valence-electron chi connectivity index (χ3n) is 4.59. The monoisotopic (exact) mass is 330 g/mol. The first-order valence-electron chi connectivity index (χ1n) is 8.41. The maximum atomic E-state index is 12.5. The van der Waals surface area contributed by atoms with Gasteiger partial charge in [-0.15, -0.1) is 0 Å². The van der Waals surface area contributed by atoms with Gasteiger partial charge in [-0.1, -0.05) is 12.1 Å². The van der Waals surface area contributed by atoms with Crippen molar-refractivity contribution >= 4 is 23.5 Å². The zero-order valence-corrected chi connectivity index (χ0v) is 13.5. The van der Waals surface area contributed by atoms with Crippen molar-refractivity contribution in [1.82, 2.24) is 5.32 Å². The van der Waals surface area contributed by atoms with Gasteiger partial charge in [0.2, 0.25) is 11.8 Å². The van der Waals surface area contributed by atoms with E-state index in [0.717, 1.165) is 11.3 Å². The van der Waals surface area contributed by atoms with Crippen LogP contribution in [0.1, 0.15) is 31.2 Å². The molecule has 128 valence electrons. The van der Waals surface area contributed by atoms with Crippen LogP contribution in [-0.2, 0) is 20.8 Å². The molecule has 0 saturated heterocycles. The molecule has 0 spiro atoms. The Labute approximate surface area is 140 Å². The minimum absolute atomic E-state index is 0.118. The van der Waals surface area contributed by atoms with Crippen molar-refractivity contribution in [2.75, 3.05) is 11.9 Å². The van der Waals surface area contributed by atoms with Crippen molar-refractivity contribution < 1.29 is 19.5 Å². The third kappa shape index (κ3) is 4.57. The van der Waals surface area contributed by atoms with Gasteiger partial charge in [-0.3, -0.25) is 14.4 Å². The molecule has 2 amide bonds. The fraction of sp³-hybridized carbons (Fsp3) is 0.500. The maximum Gasteiger partial charge on any atom is 0.322 e. The Hall–Kier alpha value is -2.37. The van der Waals surface area contributed by atoms with E-state index in [9.17, 15) is 14.4 Å². The fourth-order valence-corrected chi connectivity index (χ4v) is 3.08. The van der Waals surface area contributed by atoms with Gasteiger partial charge in [0.1, 0.15) is 6.54 Å². The van der Waals surface area contributed by atoms with E-state index in [4.69, 9.17) is 5.11 Å². The van der Waals surface area contributed by atoms with Crippen molar-refractivity contribution in [3.8, 4) is 0 Å². The van der Waals surface area contributed by atoms with Crippen molar-refractivity contribution in [2.45, 2.75) is 32.1 Å². The molecule has 0 unspecified atom stereocenters. The number of carbonyl (C=O) groups is 3. The highest BCUT2D eigenvalue weighted by Crippen LogP contribution is 2.49. The second-order valence-corrected chi connectivity index (χ2v) is 6.73. The molecule has 2 aliphatic carbocycles. The summed E-state index contributed by atoms with van der Waals surface area (Å²) in [6.07, 6.45) is 4.78. The Morgan fingerprint density at radius 3 is 2.12 bits per heavy atom. The first-order valence-corrected chi connectivity index (χ1v) is 8.41. The largest absolute Gasteiger partial charge is 0.480 e. The number of hydrogen-bond acceptors (Lipinski definition) is 3. The standard InChI is InChI=1S/C18H22N2O4/c21-15(19-10-16(22)23)9-11-1-7-14(8-2-11)20-18(24)17(12-3-4-12)13-5-6-13/h1-2,7-8,12-13,17H,3-6,9-10H2,(H,19,21)(H,20,24)(H,22,23). The van der Waals surface area contributed by atoms with Gasteiger partial charge in [0, 0.05) is 11.6 Å². The first kappa shape index (κ1) is 16.5. The fourth-order valence-electron chi connectivity index (χ4n) is 3.08. The lowest BCUT2D eigenvalue weighted by atomic mass is 9.97. The van der Waals surface area contributed by atoms with E-state index < -0.39 is 5.97 Å². The van der Waals surface area contributed by atoms with Gasteiger partial charge in [0.15, 0.2) is 0 Å². The molecule has 1 aromatic carbocycles. The number of amides is 2. The Kier molecular flexibility index (Phi) is 4.83. The summed E-state index contributed by atoms with van der Waals surface area (Å²) in [5, 5.41) is 13.8. The second-order valence-electron chi connectivity index (χ2n) is 6.73. The molecular formula is C18H22N2O4. The molecule has 6 heteroatoms. The highest BCUT2D eigenvalue weighted by atomic mass is 16.4. The molecule has 24 heavy (non-hydrogen) atoms. The third-order valence-corrected chi connectivity index (χ3v) is 4.59. The van der Waals surface area contributed by atoms with Gasteiger partial charge in [0.25, 0.3) is 0 Å². The molecule has 3 N–H and O–H groups in total. The van der Waals surface area contributed by atoms with Crippen LogP contribution in [0.5, 0.6) is 0 Å². The molecule has 0 atom stereocenters. The van der Waals surface area contributed by atoms with Crippen LogP contribution in [-0.4, -0.2) is 29.4 Å². The van der Waals surface area contributed by atoms with Crippen LogP contribution in [0, 0.1) is 17.8 Å². The van der Waals surface area contributed by atoms with Crippen LogP contribution in [0.3, 0.4) is 0 Å². The van der Waals surface area contributed by atoms with Crippen LogP contribution in [0.4, 0.5) is 5.69 Å². The van der Waals surface area contributed by atoms with Crippen LogP contribution in [0.2, 0.25) is 0 Å². The number of carboxylic acids is 1. The van der Waals surface area contributed by atoms with Crippen molar-refractivity contribution in [3.05, 3.63) is 29.8 Å². The summed E-state index contributed by atoms with van der Waals surface area (Å²) in [5.41, 5.74) is 1.51. The Bertz CT molecular complexity index is 621. The molecule has 0 radical (unpaired) electrons. The molecule has 2 saturated carbocycles. The van der Waals surface area contributed by atoms with Crippen molar-refractivity contribution in [2.24, 2.45) is 17.8 Å². The predicted molar refractivity (Wildman–Crippen MR) is 88.4 cm³/mol. The van der Waals surface area contributed by atoms with E-state index in [1.807, 2.05) is 0 Å². The van der Waals surface area contributed by atoms with E-state index in [-0.39, 0.29) is 30.7 Å². The SMILES string of the molecule is O=C(O)CNC(=O)Cc1ccc(NC(=O)C(C2CC2)C2CC2)cc1.